The average Bonchev–Trinajstić information content (AvgIpc) is 2.73. The van der Waals surface area contributed by atoms with Crippen molar-refractivity contribution in [3.63, 3.8) is 0 Å². The van der Waals surface area contributed by atoms with Crippen molar-refractivity contribution in [2.75, 3.05) is 6.61 Å². The van der Waals surface area contributed by atoms with E-state index in [0.717, 1.165) is 11.3 Å². The van der Waals surface area contributed by atoms with Crippen molar-refractivity contribution in [3.8, 4) is 0 Å². The summed E-state index contributed by atoms with van der Waals surface area (Å²) >= 11 is 0. The van der Waals surface area contributed by atoms with Crippen LogP contribution in [0.3, 0.4) is 0 Å². The van der Waals surface area contributed by atoms with Gasteiger partial charge in [0.05, 0.1) is 24.0 Å². The number of allylic oxidation sites excluding steroid dienone is 3. The van der Waals surface area contributed by atoms with E-state index in [1.165, 1.54) is 0 Å². The van der Waals surface area contributed by atoms with Gasteiger partial charge in [0.2, 0.25) is 0 Å². The summed E-state index contributed by atoms with van der Waals surface area (Å²) in [5.41, 5.74) is 3.66. The second-order valence-electron chi connectivity index (χ2n) is 8.98. The van der Waals surface area contributed by atoms with Crippen LogP contribution in [0, 0.1) is 11.3 Å². The molecule has 2 unspecified atom stereocenters. The molecule has 0 fully saturated rings. The second-order valence-corrected chi connectivity index (χ2v) is 8.98. The molecule has 160 valence electrons. The minimum Gasteiger partial charge on any atom is -0.462 e. The molecule has 0 amide bonds. The number of benzene rings is 1. The normalized spacial score (nSPS) is 22.3. The summed E-state index contributed by atoms with van der Waals surface area (Å²) in [6, 6.07) is 15.5. The van der Waals surface area contributed by atoms with Crippen LogP contribution in [0.5, 0.6) is 0 Å². The van der Waals surface area contributed by atoms with Crippen molar-refractivity contribution >= 4 is 11.8 Å². The van der Waals surface area contributed by atoms with Gasteiger partial charge in [-0.05, 0) is 30.0 Å². The van der Waals surface area contributed by atoms with Crippen LogP contribution in [0.2, 0.25) is 0 Å². The topological polar surface area (TPSA) is 68.3 Å². The number of fused-ring (bicyclic) bond motifs is 1. The number of Topliss-reactive ketones (excluding diaryl/α,β-unsaturated/α-hetero) is 1. The number of nitrogens with one attached hydrogen (secondary N) is 1. The Morgan fingerprint density at radius 1 is 1.13 bits per heavy atom. The Morgan fingerprint density at radius 2 is 1.87 bits per heavy atom. The molecule has 1 N–H and O–H groups in total. The molecule has 1 aromatic carbocycles. The number of carbonyl (C=O) groups is 2. The molecule has 4 rings (SSSR count). The van der Waals surface area contributed by atoms with E-state index in [1.54, 1.807) is 6.20 Å². The highest BCUT2D eigenvalue weighted by atomic mass is 16.5. The summed E-state index contributed by atoms with van der Waals surface area (Å²) in [6.45, 7) is 6.26. The first-order valence-electron chi connectivity index (χ1n) is 10.7. The molecule has 1 aromatic heterocycles. The number of hydrogen-bond donors (Lipinski definition) is 1. The molecule has 0 radical (unpaired) electrons. The van der Waals surface area contributed by atoms with E-state index in [2.05, 4.69) is 30.2 Å². The number of hydrogen-bond acceptors (Lipinski definition) is 5. The minimum atomic E-state index is -0.457. The summed E-state index contributed by atoms with van der Waals surface area (Å²) in [5.74, 6) is -1.19. The number of ether oxygens (including phenoxy) is 1. The van der Waals surface area contributed by atoms with Gasteiger partial charge in [0.25, 0.3) is 0 Å². The second kappa shape index (κ2) is 8.50. The zero-order chi connectivity index (χ0) is 22.0. The van der Waals surface area contributed by atoms with Gasteiger partial charge in [-0.25, -0.2) is 4.79 Å². The van der Waals surface area contributed by atoms with Crippen molar-refractivity contribution < 1.29 is 14.3 Å². The predicted octanol–water partition coefficient (Wildman–Crippen LogP) is 4.33. The number of ketones is 1. The lowest BCUT2D eigenvalue weighted by Crippen LogP contribution is -2.43. The van der Waals surface area contributed by atoms with E-state index in [-0.39, 0.29) is 17.8 Å². The van der Waals surface area contributed by atoms with E-state index < -0.39 is 17.8 Å². The third-order valence-electron chi connectivity index (χ3n) is 5.93. The highest BCUT2D eigenvalue weighted by Crippen LogP contribution is 2.46. The monoisotopic (exact) mass is 416 g/mol. The van der Waals surface area contributed by atoms with Crippen LogP contribution < -0.4 is 5.32 Å². The minimum absolute atomic E-state index is 0.118. The molecule has 0 saturated carbocycles. The quantitative estimate of drug-likeness (QED) is 0.735. The number of carbonyl (C=O) groups excluding carboxylic acids is 2. The third kappa shape index (κ3) is 4.46. The van der Waals surface area contributed by atoms with Crippen molar-refractivity contribution in [1.82, 2.24) is 10.3 Å². The van der Waals surface area contributed by atoms with Gasteiger partial charge >= 0.3 is 5.97 Å². The van der Waals surface area contributed by atoms with Crippen molar-refractivity contribution in [2.45, 2.75) is 39.5 Å². The lowest BCUT2D eigenvalue weighted by Gasteiger charge is -2.41. The van der Waals surface area contributed by atoms with E-state index in [9.17, 15) is 9.59 Å². The van der Waals surface area contributed by atoms with Crippen molar-refractivity contribution in [1.29, 1.82) is 0 Å². The van der Waals surface area contributed by atoms with Crippen molar-refractivity contribution in [2.24, 2.45) is 11.3 Å². The van der Waals surface area contributed by atoms with Crippen LogP contribution in [-0.4, -0.2) is 23.3 Å². The molecule has 2 atom stereocenters. The van der Waals surface area contributed by atoms with E-state index in [4.69, 9.17) is 4.74 Å². The summed E-state index contributed by atoms with van der Waals surface area (Å²) in [4.78, 5) is 30.9. The number of pyridine rings is 1. The number of aromatic nitrogens is 1. The maximum Gasteiger partial charge on any atom is 0.336 e. The van der Waals surface area contributed by atoms with Crippen molar-refractivity contribution in [3.05, 3.63) is 89.0 Å². The predicted molar refractivity (Wildman–Crippen MR) is 119 cm³/mol. The van der Waals surface area contributed by atoms with E-state index in [0.29, 0.717) is 29.8 Å². The first kappa shape index (κ1) is 21.0. The van der Waals surface area contributed by atoms with Crippen LogP contribution in [0.15, 0.2) is 77.8 Å². The van der Waals surface area contributed by atoms with Crippen LogP contribution in [0.1, 0.15) is 44.4 Å². The molecule has 5 nitrogen and oxygen atoms in total. The van der Waals surface area contributed by atoms with Gasteiger partial charge < -0.3 is 10.1 Å². The zero-order valence-electron chi connectivity index (χ0n) is 18.2. The molecular formula is C26H28N2O3. The molecule has 1 aliphatic heterocycles. The Hall–Kier alpha value is -3.21. The Bertz CT molecular complexity index is 1040. The van der Waals surface area contributed by atoms with Gasteiger partial charge in [0.15, 0.2) is 0 Å². The molecule has 2 heterocycles. The van der Waals surface area contributed by atoms with Gasteiger partial charge in [-0.2, -0.15) is 0 Å². The number of esters is 1. The Balaban J connectivity index is 1.66. The largest absolute Gasteiger partial charge is 0.462 e. The lowest BCUT2D eigenvalue weighted by atomic mass is 9.67. The average molecular weight is 417 g/mol. The summed E-state index contributed by atoms with van der Waals surface area (Å²) in [7, 11) is 0. The highest BCUT2D eigenvalue weighted by Gasteiger charge is 2.46. The summed E-state index contributed by atoms with van der Waals surface area (Å²) in [6.07, 6.45) is 4.89. The van der Waals surface area contributed by atoms with Crippen LogP contribution >= 0.6 is 0 Å². The Kier molecular flexibility index (Phi) is 5.77. The molecule has 0 saturated heterocycles. The smallest absolute Gasteiger partial charge is 0.336 e. The zero-order valence-corrected chi connectivity index (χ0v) is 18.2. The fourth-order valence-corrected chi connectivity index (χ4v) is 4.60. The van der Waals surface area contributed by atoms with Gasteiger partial charge in [0, 0.05) is 36.1 Å². The van der Waals surface area contributed by atoms with Gasteiger partial charge in [-0.1, -0.05) is 56.3 Å². The molecular weight excluding hydrogens is 388 g/mol. The van der Waals surface area contributed by atoms with Gasteiger partial charge in [-0.3, -0.25) is 9.78 Å². The highest BCUT2D eigenvalue weighted by molar-refractivity contribution is 5.96. The molecule has 0 bridgehead atoms. The fourth-order valence-electron chi connectivity index (χ4n) is 4.60. The SMILES string of the molecule is CC1=C(C(=O)OCCc2ccccc2)C(c2ccccn2)C2C(=O)CC(C)(C)C=C2N1. The van der Waals surface area contributed by atoms with Gasteiger partial charge in [0.1, 0.15) is 5.78 Å². The Labute approximate surface area is 183 Å². The standard InChI is InChI=1S/C26H28N2O3/c1-17-22(25(30)31-14-12-18-9-5-4-6-10-18)24(19-11-7-8-13-27-19)23-20(28-17)15-26(2,3)16-21(23)29/h4-11,13,15,23-24,28H,12,14,16H2,1-3H3. The Morgan fingerprint density at radius 3 is 2.58 bits per heavy atom. The van der Waals surface area contributed by atoms with Gasteiger partial charge in [-0.15, -0.1) is 0 Å². The van der Waals surface area contributed by atoms with Crippen LogP contribution in [0.4, 0.5) is 0 Å². The number of rotatable bonds is 5. The maximum atomic E-state index is 13.2. The first-order chi connectivity index (χ1) is 14.9. The molecule has 1 aliphatic carbocycles. The number of nitrogens with zero attached hydrogens (tertiary/aromatic N) is 1. The van der Waals surface area contributed by atoms with E-state index in [1.807, 2.05) is 55.5 Å². The first-order valence-corrected chi connectivity index (χ1v) is 10.7. The van der Waals surface area contributed by atoms with E-state index >= 15 is 0 Å². The maximum absolute atomic E-state index is 13.2. The van der Waals surface area contributed by atoms with Crippen LogP contribution in [-0.2, 0) is 20.7 Å². The molecule has 0 spiro atoms. The molecule has 2 aromatic rings. The molecule has 5 heteroatoms. The third-order valence-corrected chi connectivity index (χ3v) is 5.93. The molecule has 31 heavy (non-hydrogen) atoms. The summed E-state index contributed by atoms with van der Waals surface area (Å²) < 4.78 is 5.67. The molecule has 2 aliphatic rings. The fraction of sp³-hybridized carbons (Fsp3) is 0.346. The summed E-state index contributed by atoms with van der Waals surface area (Å²) in [5, 5.41) is 3.33. The van der Waals surface area contributed by atoms with Crippen LogP contribution in [0.25, 0.3) is 0 Å². The lowest BCUT2D eigenvalue weighted by molar-refractivity contribution is -0.139.